The highest BCUT2D eigenvalue weighted by Gasteiger charge is 2.25. The Labute approximate surface area is 160 Å². The van der Waals surface area contributed by atoms with E-state index in [4.69, 9.17) is 16.3 Å². The molecule has 1 aromatic heterocycles. The average molecular weight is 373 g/mol. The quantitative estimate of drug-likeness (QED) is 0.783. The lowest BCUT2D eigenvalue weighted by Crippen LogP contribution is -2.41. The van der Waals surface area contributed by atoms with Gasteiger partial charge in [0.1, 0.15) is 11.9 Å². The van der Waals surface area contributed by atoms with Crippen LogP contribution in [0, 0.1) is 0 Å². The molecule has 3 rings (SSSR count). The van der Waals surface area contributed by atoms with Gasteiger partial charge in [-0.15, -0.1) is 0 Å². The molecule has 0 unspecified atom stereocenters. The zero-order valence-corrected chi connectivity index (χ0v) is 16.3. The number of carbonyl (C=O) groups excluding carboxylic acids is 1. The van der Waals surface area contributed by atoms with Gasteiger partial charge in [0, 0.05) is 48.3 Å². The molecule has 26 heavy (non-hydrogen) atoms. The lowest BCUT2D eigenvalue weighted by molar-refractivity contribution is 0.0595. The van der Waals surface area contributed by atoms with E-state index in [9.17, 15) is 4.79 Å². The van der Waals surface area contributed by atoms with Crippen molar-refractivity contribution in [2.45, 2.75) is 45.1 Å². The van der Waals surface area contributed by atoms with Crippen LogP contribution in [-0.4, -0.2) is 35.0 Å². The van der Waals surface area contributed by atoms with Gasteiger partial charge in [-0.3, -0.25) is 9.78 Å². The third-order valence-corrected chi connectivity index (χ3v) is 4.88. The van der Waals surface area contributed by atoms with Crippen LogP contribution in [0.2, 0.25) is 5.02 Å². The first-order valence-corrected chi connectivity index (χ1v) is 9.39. The van der Waals surface area contributed by atoms with Crippen LogP contribution in [0.1, 0.15) is 49.7 Å². The molecule has 2 aromatic rings. The van der Waals surface area contributed by atoms with Crippen LogP contribution in [0.3, 0.4) is 0 Å². The van der Waals surface area contributed by atoms with Crippen molar-refractivity contribution < 1.29 is 9.53 Å². The number of likely N-dealkylation sites (tertiary alicyclic amines) is 1. The van der Waals surface area contributed by atoms with Gasteiger partial charge in [-0.1, -0.05) is 32.4 Å². The number of rotatable bonds is 3. The molecule has 5 heteroatoms. The van der Waals surface area contributed by atoms with Crippen molar-refractivity contribution in [3.63, 3.8) is 0 Å². The van der Waals surface area contributed by atoms with Crippen LogP contribution < -0.4 is 4.74 Å². The minimum atomic E-state index is -0.0150. The maximum Gasteiger partial charge on any atom is 0.255 e. The Kier molecular flexibility index (Phi) is 5.52. The summed E-state index contributed by atoms with van der Waals surface area (Å²) in [6.45, 7) is 7.73. The van der Waals surface area contributed by atoms with Crippen LogP contribution in [-0.2, 0) is 5.41 Å². The third-order valence-electron chi connectivity index (χ3n) is 4.62. The SMILES string of the molecule is CC(C)(C)c1ccc(C(=O)N2CCC(Oc3ccc(Cl)cc3)CC2)cn1. The van der Waals surface area contributed by atoms with Crippen molar-refractivity contribution in [1.29, 1.82) is 0 Å². The number of ether oxygens (including phenoxy) is 1. The summed E-state index contributed by atoms with van der Waals surface area (Å²) >= 11 is 5.90. The number of hydrogen-bond donors (Lipinski definition) is 0. The Hall–Kier alpha value is -2.07. The molecule has 0 N–H and O–H groups in total. The number of halogens is 1. The average Bonchev–Trinajstić information content (AvgIpc) is 2.63. The Bertz CT molecular complexity index is 743. The second-order valence-electron chi connectivity index (χ2n) is 7.75. The molecule has 0 radical (unpaired) electrons. The van der Waals surface area contributed by atoms with Crippen molar-refractivity contribution >= 4 is 17.5 Å². The molecule has 1 aliphatic heterocycles. The van der Waals surface area contributed by atoms with Gasteiger partial charge >= 0.3 is 0 Å². The van der Waals surface area contributed by atoms with Gasteiger partial charge < -0.3 is 9.64 Å². The van der Waals surface area contributed by atoms with Gasteiger partial charge in [-0.25, -0.2) is 0 Å². The van der Waals surface area contributed by atoms with E-state index in [2.05, 4.69) is 25.8 Å². The summed E-state index contributed by atoms with van der Waals surface area (Å²) in [5, 5.41) is 0.698. The summed E-state index contributed by atoms with van der Waals surface area (Å²) in [6.07, 6.45) is 3.46. The van der Waals surface area contributed by atoms with E-state index < -0.39 is 0 Å². The summed E-state index contributed by atoms with van der Waals surface area (Å²) in [7, 11) is 0. The first kappa shape index (κ1) is 18.7. The van der Waals surface area contributed by atoms with Crippen LogP contribution >= 0.6 is 11.6 Å². The number of benzene rings is 1. The fourth-order valence-corrected chi connectivity index (χ4v) is 3.15. The zero-order chi connectivity index (χ0) is 18.7. The van der Waals surface area contributed by atoms with Gasteiger partial charge in [0.25, 0.3) is 5.91 Å². The van der Waals surface area contributed by atoms with Gasteiger partial charge in [-0.05, 0) is 36.4 Å². The third kappa shape index (κ3) is 4.55. The van der Waals surface area contributed by atoms with Gasteiger partial charge in [0.2, 0.25) is 0 Å². The molecule has 0 bridgehead atoms. The van der Waals surface area contributed by atoms with Crippen LogP contribution in [0.15, 0.2) is 42.6 Å². The van der Waals surface area contributed by atoms with Crippen molar-refractivity contribution in [2.24, 2.45) is 0 Å². The summed E-state index contributed by atoms with van der Waals surface area (Å²) in [4.78, 5) is 19.0. The van der Waals surface area contributed by atoms with Crippen LogP contribution in [0.25, 0.3) is 0 Å². The number of aromatic nitrogens is 1. The van der Waals surface area contributed by atoms with Gasteiger partial charge in [0.05, 0.1) is 5.56 Å². The Morgan fingerprint density at radius 2 is 1.77 bits per heavy atom. The number of nitrogens with zero attached hydrogens (tertiary/aromatic N) is 2. The molecule has 4 nitrogen and oxygen atoms in total. The lowest BCUT2D eigenvalue weighted by Gasteiger charge is -2.32. The molecular formula is C21H25ClN2O2. The first-order valence-electron chi connectivity index (χ1n) is 9.01. The maximum atomic E-state index is 12.7. The fourth-order valence-electron chi connectivity index (χ4n) is 3.03. The highest BCUT2D eigenvalue weighted by molar-refractivity contribution is 6.30. The Morgan fingerprint density at radius 3 is 2.31 bits per heavy atom. The number of carbonyl (C=O) groups is 1. The standard InChI is InChI=1S/C21H25ClN2O2/c1-21(2,3)19-9-4-15(14-23-19)20(25)24-12-10-18(11-13-24)26-17-7-5-16(22)6-8-17/h4-9,14,18H,10-13H2,1-3H3. The number of pyridine rings is 1. The molecule has 1 amide bonds. The maximum absolute atomic E-state index is 12.7. The second-order valence-corrected chi connectivity index (χ2v) is 8.18. The van der Waals surface area contributed by atoms with E-state index in [-0.39, 0.29) is 17.4 Å². The highest BCUT2D eigenvalue weighted by atomic mass is 35.5. The predicted molar refractivity (Wildman–Crippen MR) is 104 cm³/mol. The molecule has 0 aliphatic carbocycles. The molecule has 1 aliphatic rings. The van der Waals surface area contributed by atoms with Crippen LogP contribution in [0.4, 0.5) is 0 Å². The number of piperidine rings is 1. The normalized spacial score (nSPS) is 15.8. The van der Waals surface area contributed by atoms with E-state index in [0.717, 1.165) is 24.3 Å². The molecular weight excluding hydrogens is 348 g/mol. The molecule has 0 atom stereocenters. The van der Waals surface area contributed by atoms with E-state index in [1.165, 1.54) is 0 Å². The Balaban J connectivity index is 1.55. The molecule has 138 valence electrons. The summed E-state index contributed by atoms with van der Waals surface area (Å²) < 4.78 is 5.99. The first-order chi connectivity index (χ1) is 12.3. The number of amides is 1. The largest absolute Gasteiger partial charge is 0.490 e. The summed E-state index contributed by atoms with van der Waals surface area (Å²) in [5.74, 6) is 0.865. The van der Waals surface area contributed by atoms with Gasteiger partial charge in [-0.2, -0.15) is 0 Å². The zero-order valence-electron chi connectivity index (χ0n) is 15.5. The van der Waals surface area contributed by atoms with E-state index in [0.29, 0.717) is 23.7 Å². The van der Waals surface area contributed by atoms with Crippen molar-refractivity contribution in [3.8, 4) is 5.75 Å². The summed E-state index contributed by atoms with van der Waals surface area (Å²) in [6, 6.07) is 11.2. The predicted octanol–water partition coefficient (Wildman–Crippen LogP) is 4.72. The second kappa shape index (κ2) is 7.67. The molecule has 0 saturated carbocycles. The lowest BCUT2D eigenvalue weighted by atomic mass is 9.91. The smallest absolute Gasteiger partial charge is 0.255 e. The molecule has 1 fully saturated rings. The van der Waals surface area contributed by atoms with E-state index in [1.807, 2.05) is 41.3 Å². The van der Waals surface area contributed by atoms with Crippen LogP contribution in [0.5, 0.6) is 5.75 Å². The molecule has 0 spiro atoms. The van der Waals surface area contributed by atoms with E-state index >= 15 is 0 Å². The van der Waals surface area contributed by atoms with Crippen molar-refractivity contribution in [1.82, 2.24) is 9.88 Å². The highest BCUT2D eigenvalue weighted by Crippen LogP contribution is 2.23. The van der Waals surface area contributed by atoms with Crippen molar-refractivity contribution in [3.05, 3.63) is 58.9 Å². The molecule has 2 heterocycles. The number of hydrogen-bond acceptors (Lipinski definition) is 3. The fraction of sp³-hybridized carbons (Fsp3) is 0.429. The molecule has 1 aromatic carbocycles. The Morgan fingerprint density at radius 1 is 1.12 bits per heavy atom. The van der Waals surface area contributed by atoms with Gasteiger partial charge in [0.15, 0.2) is 0 Å². The minimum Gasteiger partial charge on any atom is -0.490 e. The monoisotopic (exact) mass is 372 g/mol. The topological polar surface area (TPSA) is 42.4 Å². The van der Waals surface area contributed by atoms with E-state index in [1.54, 1.807) is 6.20 Å². The van der Waals surface area contributed by atoms with Crippen molar-refractivity contribution in [2.75, 3.05) is 13.1 Å². The summed E-state index contributed by atoms with van der Waals surface area (Å²) in [5.41, 5.74) is 1.62. The molecule has 1 saturated heterocycles. The minimum absolute atomic E-state index is 0.0150.